The molecule has 1 heterocycles. The highest BCUT2D eigenvalue weighted by Crippen LogP contribution is 2.46. The summed E-state index contributed by atoms with van der Waals surface area (Å²) in [5.41, 5.74) is 12.4. The Morgan fingerprint density at radius 1 is 0.255 bits per heavy atom. The summed E-state index contributed by atoms with van der Waals surface area (Å²) in [6.07, 6.45) is 0. The lowest BCUT2D eigenvalue weighted by molar-refractivity contribution is 1.60. The molecular weight excluding hydrogens is 633 g/mol. The van der Waals surface area contributed by atoms with Crippen LogP contribution in [0.2, 0.25) is 0 Å². The van der Waals surface area contributed by atoms with E-state index in [1.807, 2.05) is 11.3 Å². The van der Waals surface area contributed by atoms with Gasteiger partial charge in [-0.2, -0.15) is 0 Å². The average molecular weight is 665 g/mol. The number of fused-ring (bicyclic) bond motifs is 5. The Bertz CT molecular complexity index is 2900. The minimum Gasteiger partial charge on any atom is -0.135 e. The first-order valence-electron chi connectivity index (χ1n) is 17.5. The second-order valence-corrected chi connectivity index (χ2v) is 14.3. The van der Waals surface area contributed by atoms with Gasteiger partial charge in [0.2, 0.25) is 0 Å². The molecule has 51 heavy (non-hydrogen) atoms. The molecular formula is C50H32S. The SMILES string of the molecule is c1ccc(-c2cccc(-c3c4ccccc4c(-c4ccccc4)c4cc(-c5cccc(-c6cccc7c6sc6ccccc67)c5)ccc34)c2)cc1. The zero-order valence-electron chi connectivity index (χ0n) is 27.9. The summed E-state index contributed by atoms with van der Waals surface area (Å²) in [4.78, 5) is 0. The van der Waals surface area contributed by atoms with Crippen LogP contribution in [0.5, 0.6) is 0 Å². The molecule has 0 radical (unpaired) electrons. The molecule has 0 saturated heterocycles. The third kappa shape index (κ3) is 5.05. The summed E-state index contributed by atoms with van der Waals surface area (Å²) >= 11 is 1.89. The van der Waals surface area contributed by atoms with Crippen molar-refractivity contribution in [3.05, 3.63) is 194 Å². The molecule has 10 aromatic rings. The van der Waals surface area contributed by atoms with E-state index in [-0.39, 0.29) is 0 Å². The summed E-state index contributed by atoms with van der Waals surface area (Å²) in [5, 5.41) is 7.70. The molecule has 10 rings (SSSR count). The van der Waals surface area contributed by atoms with Crippen LogP contribution in [-0.2, 0) is 0 Å². The topological polar surface area (TPSA) is 0 Å². The number of thiophene rings is 1. The molecule has 0 aliphatic rings. The molecule has 0 saturated carbocycles. The summed E-state index contributed by atoms with van der Waals surface area (Å²) in [6.45, 7) is 0. The summed E-state index contributed by atoms with van der Waals surface area (Å²) in [7, 11) is 0. The van der Waals surface area contributed by atoms with Gasteiger partial charge in [0.1, 0.15) is 0 Å². The minimum absolute atomic E-state index is 1.21. The van der Waals surface area contributed by atoms with E-state index in [0.717, 1.165) is 0 Å². The Kier molecular flexibility index (Phi) is 7.11. The fraction of sp³-hybridized carbons (Fsp3) is 0. The molecule has 0 nitrogen and oxygen atoms in total. The highest BCUT2D eigenvalue weighted by Gasteiger charge is 2.18. The van der Waals surface area contributed by atoms with E-state index >= 15 is 0 Å². The molecule has 0 fully saturated rings. The lowest BCUT2D eigenvalue weighted by Crippen LogP contribution is -1.92. The zero-order valence-corrected chi connectivity index (χ0v) is 28.7. The lowest BCUT2D eigenvalue weighted by Gasteiger charge is -2.19. The standard InChI is InChI=1S/C50H32S/c1-3-14-33(15-4-1)35-18-12-21-39(31-35)49-43-24-8-7-23-42(43)48(34-16-5-2-6-17-34)46-32-37(28-29-44(46)49)36-19-11-20-38(30-36)40-25-13-26-45-41-22-9-10-27-47(41)51-50(40)45/h1-32H. The lowest BCUT2D eigenvalue weighted by atomic mass is 9.84. The molecule has 238 valence electrons. The number of hydrogen-bond donors (Lipinski definition) is 0. The van der Waals surface area contributed by atoms with Gasteiger partial charge in [-0.3, -0.25) is 0 Å². The molecule has 9 aromatic carbocycles. The van der Waals surface area contributed by atoms with Gasteiger partial charge < -0.3 is 0 Å². The van der Waals surface area contributed by atoms with E-state index in [4.69, 9.17) is 0 Å². The van der Waals surface area contributed by atoms with Gasteiger partial charge >= 0.3 is 0 Å². The van der Waals surface area contributed by atoms with E-state index in [0.29, 0.717) is 0 Å². The molecule has 0 atom stereocenters. The van der Waals surface area contributed by atoms with Crippen LogP contribution in [0.15, 0.2) is 194 Å². The first-order valence-corrected chi connectivity index (χ1v) is 18.3. The Morgan fingerprint density at radius 3 is 1.51 bits per heavy atom. The van der Waals surface area contributed by atoms with Crippen LogP contribution >= 0.6 is 11.3 Å². The van der Waals surface area contributed by atoms with Gasteiger partial charge in [0, 0.05) is 20.2 Å². The monoisotopic (exact) mass is 664 g/mol. The highest BCUT2D eigenvalue weighted by atomic mass is 32.1. The Hall–Kier alpha value is -6.28. The van der Waals surface area contributed by atoms with Crippen LogP contribution in [0.25, 0.3) is 97.4 Å². The smallest absolute Gasteiger partial charge is 0.0433 e. The van der Waals surface area contributed by atoms with Crippen molar-refractivity contribution in [2.75, 3.05) is 0 Å². The second-order valence-electron chi connectivity index (χ2n) is 13.2. The van der Waals surface area contributed by atoms with Crippen LogP contribution in [-0.4, -0.2) is 0 Å². The summed E-state index contributed by atoms with van der Waals surface area (Å²) in [6, 6.07) is 71.2. The van der Waals surface area contributed by atoms with Crippen molar-refractivity contribution in [3.63, 3.8) is 0 Å². The molecule has 1 aromatic heterocycles. The molecule has 0 amide bonds. The van der Waals surface area contributed by atoms with Gasteiger partial charge in [-0.15, -0.1) is 11.3 Å². The first-order chi connectivity index (χ1) is 25.3. The normalized spacial score (nSPS) is 11.5. The predicted molar refractivity (Wildman–Crippen MR) is 222 cm³/mol. The Morgan fingerprint density at radius 2 is 0.745 bits per heavy atom. The summed E-state index contributed by atoms with van der Waals surface area (Å²) in [5.74, 6) is 0. The Labute approximate surface area is 301 Å². The maximum absolute atomic E-state index is 2.42. The van der Waals surface area contributed by atoms with Crippen molar-refractivity contribution in [3.8, 4) is 55.6 Å². The van der Waals surface area contributed by atoms with Crippen molar-refractivity contribution in [1.29, 1.82) is 0 Å². The maximum atomic E-state index is 2.42. The second kappa shape index (κ2) is 12.2. The molecule has 1 heteroatoms. The van der Waals surface area contributed by atoms with Crippen LogP contribution in [0.3, 0.4) is 0 Å². The van der Waals surface area contributed by atoms with Crippen molar-refractivity contribution in [2.24, 2.45) is 0 Å². The average Bonchev–Trinajstić information content (AvgIpc) is 3.59. The van der Waals surface area contributed by atoms with Gasteiger partial charge in [0.15, 0.2) is 0 Å². The fourth-order valence-electron chi connectivity index (χ4n) is 7.91. The fourth-order valence-corrected chi connectivity index (χ4v) is 9.15. The first kappa shape index (κ1) is 29.6. The van der Waals surface area contributed by atoms with Gasteiger partial charge in [-0.1, -0.05) is 170 Å². The van der Waals surface area contributed by atoms with Gasteiger partial charge in [0.25, 0.3) is 0 Å². The van der Waals surface area contributed by atoms with E-state index in [9.17, 15) is 0 Å². The zero-order chi connectivity index (χ0) is 33.7. The third-order valence-electron chi connectivity index (χ3n) is 10.3. The van der Waals surface area contributed by atoms with Gasteiger partial charge in [-0.25, -0.2) is 0 Å². The molecule has 0 unspecified atom stereocenters. The van der Waals surface area contributed by atoms with Crippen molar-refractivity contribution >= 4 is 53.1 Å². The van der Waals surface area contributed by atoms with Crippen LogP contribution in [0.4, 0.5) is 0 Å². The summed E-state index contributed by atoms with van der Waals surface area (Å²) < 4.78 is 2.67. The number of hydrogen-bond acceptors (Lipinski definition) is 1. The predicted octanol–water partition coefficient (Wildman–Crippen LogP) is 14.7. The quantitative estimate of drug-likeness (QED) is 0.161. The highest BCUT2D eigenvalue weighted by molar-refractivity contribution is 7.26. The molecule has 0 bridgehead atoms. The van der Waals surface area contributed by atoms with Crippen molar-refractivity contribution in [2.45, 2.75) is 0 Å². The van der Waals surface area contributed by atoms with E-state index in [1.54, 1.807) is 0 Å². The third-order valence-corrected chi connectivity index (χ3v) is 11.5. The molecule has 0 spiro atoms. The van der Waals surface area contributed by atoms with Gasteiger partial charge in [-0.05, 0) is 101 Å². The molecule has 0 N–H and O–H groups in total. The molecule has 0 aliphatic carbocycles. The van der Waals surface area contributed by atoms with E-state index in [1.165, 1.54) is 97.4 Å². The van der Waals surface area contributed by atoms with Crippen LogP contribution in [0.1, 0.15) is 0 Å². The van der Waals surface area contributed by atoms with E-state index in [2.05, 4.69) is 194 Å². The largest absolute Gasteiger partial charge is 0.135 e. The number of rotatable bonds is 5. The van der Waals surface area contributed by atoms with Crippen molar-refractivity contribution in [1.82, 2.24) is 0 Å². The number of benzene rings is 9. The maximum Gasteiger partial charge on any atom is 0.0433 e. The van der Waals surface area contributed by atoms with Crippen LogP contribution in [0, 0.1) is 0 Å². The van der Waals surface area contributed by atoms with Gasteiger partial charge in [0.05, 0.1) is 0 Å². The Balaban J connectivity index is 1.21. The minimum atomic E-state index is 1.21. The van der Waals surface area contributed by atoms with Crippen molar-refractivity contribution < 1.29 is 0 Å². The van der Waals surface area contributed by atoms with E-state index < -0.39 is 0 Å². The molecule has 0 aliphatic heterocycles. The van der Waals surface area contributed by atoms with Crippen LogP contribution < -0.4 is 0 Å².